The zero-order valence-corrected chi connectivity index (χ0v) is 13.5. The number of imidazole rings is 1. The zero-order valence-electron chi connectivity index (χ0n) is 12.7. The summed E-state index contributed by atoms with van der Waals surface area (Å²) in [5, 5.41) is 3.54. The number of hydrogen-bond acceptors (Lipinski definition) is 1. The quantitative estimate of drug-likeness (QED) is 0.726. The van der Waals surface area contributed by atoms with Crippen LogP contribution in [0.15, 0.2) is 61.4 Å². The van der Waals surface area contributed by atoms with Gasteiger partial charge in [0.15, 0.2) is 17.1 Å². The van der Waals surface area contributed by atoms with Crippen molar-refractivity contribution in [1.82, 2.24) is 4.57 Å². The molecule has 0 saturated carbocycles. The molecule has 0 aliphatic carbocycles. The van der Waals surface area contributed by atoms with Crippen LogP contribution in [0.1, 0.15) is 13.0 Å². The third-order valence-corrected chi connectivity index (χ3v) is 4.04. The lowest BCUT2D eigenvalue weighted by Crippen LogP contribution is -2.43. The largest absolute Gasteiger partial charge is 0.322 e. The summed E-state index contributed by atoms with van der Waals surface area (Å²) in [6, 6.07) is 14.6. The number of carbonyl (C=O) groups excluding carboxylic acids is 1. The minimum Gasteiger partial charge on any atom is -0.322 e. The van der Waals surface area contributed by atoms with Gasteiger partial charge in [-0.05, 0) is 43.3 Å². The Morgan fingerprint density at radius 1 is 1.26 bits per heavy atom. The summed E-state index contributed by atoms with van der Waals surface area (Å²) in [6.07, 6.45) is 3.60. The molecule has 23 heavy (non-hydrogen) atoms. The fourth-order valence-corrected chi connectivity index (χ4v) is 2.65. The molecule has 0 aliphatic heterocycles. The number of benzene rings is 2. The fourth-order valence-electron chi connectivity index (χ4n) is 2.52. The maximum absolute atomic E-state index is 12.5. The fraction of sp³-hybridized carbons (Fsp3) is 0.111. The molecule has 0 radical (unpaired) electrons. The van der Waals surface area contributed by atoms with Gasteiger partial charge in [0, 0.05) is 10.7 Å². The van der Waals surface area contributed by atoms with E-state index < -0.39 is 0 Å². The van der Waals surface area contributed by atoms with Crippen LogP contribution in [0.5, 0.6) is 0 Å². The molecule has 1 amide bonds. The van der Waals surface area contributed by atoms with E-state index in [0.717, 1.165) is 16.7 Å². The Bertz CT molecular complexity index is 868. The van der Waals surface area contributed by atoms with E-state index in [2.05, 4.69) is 11.9 Å². The van der Waals surface area contributed by atoms with Crippen LogP contribution >= 0.6 is 11.6 Å². The SMILES string of the molecule is C=Cn1c[n+]([C@H](C)C(=O)Nc2ccc(Cl)cc2)c2ccccc21. The maximum Gasteiger partial charge on any atom is 0.269 e. The molecular formula is C18H17ClN3O+. The highest BCUT2D eigenvalue weighted by atomic mass is 35.5. The van der Waals surface area contributed by atoms with Crippen molar-refractivity contribution in [3.63, 3.8) is 0 Å². The lowest BCUT2D eigenvalue weighted by molar-refractivity contribution is -0.680. The molecule has 3 aromatic rings. The first-order valence-electron chi connectivity index (χ1n) is 7.30. The van der Waals surface area contributed by atoms with Crippen LogP contribution < -0.4 is 9.88 Å². The smallest absolute Gasteiger partial charge is 0.269 e. The van der Waals surface area contributed by atoms with Crippen molar-refractivity contribution in [2.75, 3.05) is 5.32 Å². The highest BCUT2D eigenvalue weighted by molar-refractivity contribution is 6.30. The van der Waals surface area contributed by atoms with Gasteiger partial charge in [-0.1, -0.05) is 30.3 Å². The first kappa shape index (κ1) is 15.3. The van der Waals surface area contributed by atoms with Crippen molar-refractivity contribution < 1.29 is 9.36 Å². The van der Waals surface area contributed by atoms with E-state index in [1.54, 1.807) is 30.5 Å². The Kier molecular flexibility index (Phi) is 4.17. The average molecular weight is 327 g/mol. The monoisotopic (exact) mass is 326 g/mol. The number of hydrogen-bond donors (Lipinski definition) is 1. The standard InChI is InChI=1S/C18H16ClN3O/c1-3-21-12-22(17-7-5-4-6-16(17)21)13(2)18(23)20-15-10-8-14(19)9-11-15/h3-13H,1H2,2H3/p+1/t13-/m1/s1. The molecule has 0 saturated heterocycles. The maximum atomic E-state index is 12.5. The van der Waals surface area contributed by atoms with Crippen LogP contribution in [0.3, 0.4) is 0 Å². The number of carbonyl (C=O) groups is 1. The molecule has 0 unspecified atom stereocenters. The average Bonchev–Trinajstić information content (AvgIpc) is 2.95. The van der Waals surface area contributed by atoms with Gasteiger partial charge in [0.25, 0.3) is 5.91 Å². The predicted molar refractivity (Wildman–Crippen MR) is 93.3 cm³/mol. The van der Waals surface area contributed by atoms with Gasteiger partial charge in [-0.25, -0.2) is 9.13 Å². The topological polar surface area (TPSA) is 37.9 Å². The number of amides is 1. The molecule has 116 valence electrons. The van der Waals surface area contributed by atoms with Crippen LogP contribution in [-0.2, 0) is 4.79 Å². The summed E-state index contributed by atoms with van der Waals surface area (Å²) in [5.41, 5.74) is 2.71. The third kappa shape index (κ3) is 2.98. The van der Waals surface area contributed by atoms with Gasteiger partial charge in [-0.3, -0.25) is 4.79 Å². The zero-order chi connectivity index (χ0) is 16.4. The number of rotatable bonds is 4. The number of para-hydroxylation sites is 2. The molecule has 4 nitrogen and oxygen atoms in total. The van der Waals surface area contributed by atoms with Gasteiger partial charge in [-0.2, -0.15) is 0 Å². The molecule has 1 aromatic heterocycles. The molecule has 1 N–H and O–H groups in total. The minimum atomic E-state index is -0.364. The van der Waals surface area contributed by atoms with Crippen LogP contribution in [0.25, 0.3) is 17.2 Å². The number of nitrogens with zero attached hydrogens (tertiary/aromatic N) is 2. The lowest BCUT2D eigenvalue weighted by atomic mass is 10.2. The van der Waals surface area contributed by atoms with Crippen molar-refractivity contribution in [2.45, 2.75) is 13.0 Å². The van der Waals surface area contributed by atoms with E-state index in [9.17, 15) is 4.79 Å². The molecule has 2 aromatic carbocycles. The van der Waals surface area contributed by atoms with E-state index in [1.807, 2.05) is 46.7 Å². The van der Waals surface area contributed by atoms with Crippen LogP contribution in [0.4, 0.5) is 5.69 Å². The van der Waals surface area contributed by atoms with Gasteiger partial charge >= 0.3 is 0 Å². The van der Waals surface area contributed by atoms with Crippen molar-refractivity contribution in [2.24, 2.45) is 0 Å². The van der Waals surface area contributed by atoms with Crippen molar-refractivity contribution in [3.8, 4) is 0 Å². The normalized spacial score (nSPS) is 12.1. The Labute approximate surface area is 139 Å². The van der Waals surface area contributed by atoms with Gasteiger partial charge in [0.05, 0.1) is 6.20 Å². The Hall–Kier alpha value is -2.59. The summed E-state index contributed by atoms with van der Waals surface area (Å²) in [5.74, 6) is -0.0933. The second kappa shape index (κ2) is 6.26. The molecule has 0 bridgehead atoms. The van der Waals surface area contributed by atoms with Crippen LogP contribution in [0.2, 0.25) is 5.02 Å². The molecule has 1 heterocycles. The highest BCUT2D eigenvalue weighted by Crippen LogP contribution is 2.16. The molecular weight excluding hydrogens is 310 g/mol. The summed E-state index contributed by atoms with van der Waals surface area (Å²) >= 11 is 5.86. The molecule has 0 aliphatic rings. The van der Waals surface area contributed by atoms with E-state index in [0.29, 0.717) is 5.02 Å². The second-order valence-electron chi connectivity index (χ2n) is 5.27. The number of aromatic nitrogens is 2. The Balaban J connectivity index is 1.90. The summed E-state index contributed by atoms with van der Waals surface area (Å²) in [7, 11) is 0. The van der Waals surface area contributed by atoms with Gasteiger partial charge in [0.1, 0.15) is 0 Å². The van der Waals surface area contributed by atoms with Crippen LogP contribution in [0, 0.1) is 0 Å². The predicted octanol–water partition coefficient (Wildman–Crippen LogP) is 3.88. The van der Waals surface area contributed by atoms with Gasteiger partial charge < -0.3 is 5.32 Å². The molecule has 0 spiro atoms. The number of halogens is 1. The van der Waals surface area contributed by atoms with Gasteiger partial charge in [-0.15, -0.1) is 0 Å². The molecule has 3 rings (SSSR count). The van der Waals surface area contributed by atoms with E-state index in [1.165, 1.54) is 0 Å². The highest BCUT2D eigenvalue weighted by Gasteiger charge is 2.24. The first-order chi connectivity index (χ1) is 11.1. The summed E-state index contributed by atoms with van der Waals surface area (Å²) in [6.45, 7) is 5.68. The number of nitrogens with one attached hydrogen (secondary N) is 1. The van der Waals surface area contributed by atoms with E-state index in [4.69, 9.17) is 11.6 Å². The van der Waals surface area contributed by atoms with Gasteiger partial charge in [0.2, 0.25) is 6.33 Å². The van der Waals surface area contributed by atoms with E-state index >= 15 is 0 Å². The van der Waals surface area contributed by atoms with E-state index in [-0.39, 0.29) is 11.9 Å². The summed E-state index contributed by atoms with van der Waals surface area (Å²) < 4.78 is 3.84. The number of anilines is 1. The second-order valence-corrected chi connectivity index (χ2v) is 5.71. The van der Waals surface area contributed by atoms with Crippen molar-refractivity contribution >= 4 is 40.4 Å². The first-order valence-corrected chi connectivity index (χ1v) is 7.67. The lowest BCUT2D eigenvalue weighted by Gasteiger charge is -2.10. The molecule has 0 fully saturated rings. The van der Waals surface area contributed by atoms with Crippen LogP contribution in [-0.4, -0.2) is 10.5 Å². The minimum absolute atomic E-state index is 0.0933. The molecule has 1 atom stereocenters. The summed E-state index contributed by atoms with van der Waals surface area (Å²) in [4.78, 5) is 12.5. The number of fused-ring (bicyclic) bond motifs is 1. The Morgan fingerprint density at radius 3 is 2.65 bits per heavy atom. The third-order valence-electron chi connectivity index (χ3n) is 3.79. The van der Waals surface area contributed by atoms with Crippen molar-refractivity contribution in [3.05, 3.63) is 66.5 Å². The Morgan fingerprint density at radius 2 is 1.96 bits per heavy atom. The van der Waals surface area contributed by atoms with Crippen molar-refractivity contribution in [1.29, 1.82) is 0 Å². The molecule has 5 heteroatoms.